The van der Waals surface area contributed by atoms with Gasteiger partial charge in [-0.3, -0.25) is 0 Å². The van der Waals surface area contributed by atoms with Crippen LogP contribution in [0.4, 0.5) is 0 Å². The van der Waals surface area contributed by atoms with Crippen LogP contribution in [0, 0.1) is 0 Å². The molecule has 0 N–H and O–H groups in total. The summed E-state index contributed by atoms with van der Waals surface area (Å²) >= 11 is 7.86. The van der Waals surface area contributed by atoms with E-state index in [9.17, 15) is 0 Å². The molecule has 4 rings (SSSR count). The van der Waals surface area contributed by atoms with Crippen LogP contribution < -0.4 is 0 Å². The molecule has 0 aliphatic carbocycles. The molecule has 2 heterocycles. The summed E-state index contributed by atoms with van der Waals surface area (Å²) in [6.45, 7) is 0.710. The monoisotopic (exact) mass is 325 g/mol. The number of aromatic nitrogens is 3. The predicted octanol–water partition coefficient (Wildman–Crippen LogP) is 4.86. The maximum Gasteiger partial charge on any atom is 0.125 e. The summed E-state index contributed by atoms with van der Waals surface area (Å²) < 4.78 is 2.11. The van der Waals surface area contributed by atoms with Crippen molar-refractivity contribution >= 4 is 34.0 Å². The molecule has 108 valence electrons. The van der Waals surface area contributed by atoms with Crippen LogP contribution in [0.2, 0.25) is 5.02 Å². The van der Waals surface area contributed by atoms with Crippen LogP contribution in [-0.4, -0.2) is 14.5 Å². The molecule has 0 atom stereocenters. The average Bonchev–Trinajstić information content (AvgIpc) is 3.16. The minimum atomic E-state index is 0.710. The Bertz CT molecular complexity index is 942. The molecule has 0 unspecified atom stereocenters. The Morgan fingerprint density at radius 1 is 1.05 bits per heavy atom. The lowest BCUT2D eigenvalue weighted by atomic mass is 10.2. The molecule has 0 amide bonds. The average molecular weight is 326 g/mol. The third-order valence-electron chi connectivity index (χ3n) is 3.52. The van der Waals surface area contributed by atoms with Crippen LogP contribution in [0.1, 0.15) is 5.69 Å². The first-order chi connectivity index (χ1) is 10.8. The van der Waals surface area contributed by atoms with E-state index in [1.807, 2.05) is 48.8 Å². The second-order valence-electron chi connectivity index (χ2n) is 4.99. The number of hydrogen-bond donors (Lipinski definition) is 0. The second-order valence-corrected chi connectivity index (χ2v) is 6.25. The number of para-hydroxylation sites is 2. The van der Waals surface area contributed by atoms with Crippen LogP contribution in [0.15, 0.2) is 60.2 Å². The van der Waals surface area contributed by atoms with Gasteiger partial charge in [0.25, 0.3) is 0 Å². The lowest BCUT2D eigenvalue weighted by Gasteiger charge is -2.01. The van der Waals surface area contributed by atoms with Crippen LogP contribution in [0.3, 0.4) is 0 Å². The topological polar surface area (TPSA) is 30.7 Å². The molecule has 2 aromatic carbocycles. The van der Waals surface area contributed by atoms with Crippen molar-refractivity contribution in [2.75, 3.05) is 0 Å². The summed E-state index contributed by atoms with van der Waals surface area (Å²) in [6, 6.07) is 15.9. The van der Waals surface area contributed by atoms with E-state index in [2.05, 4.69) is 21.0 Å². The smallest absolute Gasteiger partial charge is 0.125 e. The molecule has 0 fully saturated rings. The normalized spacial score (nSPS) is 11.1. The van der Waals surface area contributed by atoms with E-state index in [4.69, 9.17) is 16.6 Å². The molecule has 3 nitrogen and oxygen atoms in total. The molecule has 0 saturated heterocycles. The Morgan fingerprint density at radius 3 is 2.77 bits per heavy atom. The van der Waals surface area contributed by atoms with Gasteiger partial charge in [-0.25, -0.2) is 9.97 Å². The molecular weight excluding hydrogens is 314 g/mol. The van der Waals surface area contributed by atoms with Gasteiger partial charge < -0.3 is 4.57 Å². The van der Waals surface area contributed by atoms with Crippen molar-refractivity contribution in [2.45, 2.75) is 6.54 Å². The molecule has 5 heteroatoms. The van der Waals surface area contributed by atoms with Gasteiger partial charge in [0.15, 0.2) is 0 Å². The molecule has 4 aromatic rings. The molecule has 0 aliphatic rings. The second kappa shape index (κ2) is 5.55. The first kappa shape index (κ1) is 13.5. The van der Waals surface area contributed by atoms with Crippen molar-refractivity contribution in [3.05, 3.63) is 71.0 Å². The van der Waals surface area contributed by atoms with E-state index in [1.165, 1.54) is 0 Å². The minimum Gasteiger partial charge on any atom is -0.324 e. The van der Waals surface area contributed by atoms with Crippen LogP contribution in [0.25, 0.3) is 21.6 Å². The Hall–Kier alpha value is -2.17. The minimum absolute atomic E-state index is 0.710. The zero-order valence-electron chi connectivity index (χ0n) is 11.6. The third kappa shape index (κ3) is 2.40. The highest BCUT2D eigenvalue weighted by molar-refractivity contribution is 7.13. The Labute approximate surface area is 136 Å². The van der Waals surface area contributed by atoms with E-state index in [0.717, 1.165) is 32.3 Å². The number of nitrogens with zero attached hydrogens (tertiary/aromatic N) is 3. The summed E-state index contributed by atoms with van der Waals surface area (Å²) in [5, 5.41) is 3.76. The highest BCUT2D eigenvalue weighted by Gasteiger charge is 2.09. The van der Waals surface area contributed by atoms with Crippen LogP contribution in [-0.2, 0) is 6.54 Å². The number of benzene rings is 2. The fourth-order valence-corrected chi connectivity index (χ4v) is 3.58. The summed E-state index contributed by atoms with van der Waals surface area (Å²) in [6.07, 6.45) is 1.86. The number of thiazole rings is 1. The molecule has 0 bridgehead atoms. The van der Waals surface area contributed by atoms with E-state index >= 15 is 0 Å². The summed E-state index contributed by atoms with van der Waals surface area (Å²) in [5.74, 6) is 0. The summed E-state index contributed by atoms with van der Waals surface area (Å²) in [5.41, 5.74) is 4.12. The summed E-state index contributed by atoms with van der Waals surface area (Å²) in [4.78, 5) is 9.12. The van der Waals surface area contributed by atoms with Crippen molar-refractivity contribution < 1.29 is 0 Å². The largest absolute Gasteiger partial charge is 0.324 e. The number of halogens is 1. The van der Waals surface area contributed by atoms with Crippen LogP contribution in [0.5, 0.6) is 0 Å². The Morgan fingerprint density at radius 2 is 1.86 bits per heavy atom. The van der Waals surface area contributed by atoms with Gasteiger partial charge in [-0.15, -0.1) is 11.3 Å². The van der Waals surface area contributed by atoms with Crippen molar-refractivity contribution in [3.63, 3.8) is 0 Å². The quantitative estimate of drug-likeness (QED) is 0.538. The van der Waals surface area contributed by atoms with Gasteiger partial charge in [0.05, 0.1) is 34.6 Å². The summed E-state index contributed by atoms with van der Waals surface area (Å²) in [7, 11) is 0. The first-order valence-corrected chi connectivity index (χ1v) is 8.16. The van der Waals surface area contributed by atoms with Gasteiger partial charge in [0.1, 0.15) is 5.01 Å². The van der Waals surface area contributed by atoms with E-state index in [-0.39, 0.29) is 0 Å². The first-order valence-electron chi connectivity index (χ1n) is 6.90. The van der Waals surface area contributed by atoms with E-state index in [1.54, 1.807) is 11.3 Å². The van der Waals surface area contributed by atoms with E-state index < -0.39 is 0 Å². The van der Waals surface area contributed by atoms with Gasteiger partial charge in [-0.1, -0.05) is 41.9 Å². The lowest BCUT2D eigenvalue weighted by molar-refractivity contribution is 0.804. The fourth-order valence-electron chi connectivity index (χ4n) is 2.45. The SMILES string of the molecule is Clc1ccccc1-c1nc(Cn2cnc3ccccc32)cs1. The third-order valence-corrected chi connectivity index (χ3v) is 4.77. The highest BCUT2D eigenvalue weighted by Crippen LogP contribution is 2.30. The predicted molar refractivity (Wildman–Crippen MR) is 91.4 cm³/mol. The van der Waals surface area contributed by atoms with Gasteiger partial charge in [0.2, 0.25) is 0 Å². The number of imidazole rings is 1. The van der Waals surface area contributed by atoms with Gasteiger partial charge >= 0.3 is 0 Å². The highest BCUT2D eigenvalue weighted by atomic mass is 35.5. The maximum atomic E-state index is 6.24. The van der Waals surface area contributed by atoms with Gasteiger partial charge in [-0.05, 0) is 18.2 Å². The number of hydrogen-bond acceptors (Lipinski definition) is 3. The van der Waals surface area contributed by atoms with Crippen molar-refractivity contribution in [2.24, 2.45) is 0 Å². The van der Waals surface area contributed by atoms with Gasteiger partial charge in [-0.2, -0.15) is 0 Å². The molecule has 0 spiro atoms. The molecule has 2 aromatic heterocycles. The van der Waals surface area contributed by atoms with Crippen molar-refractivity contribution in [1.29, 1.82) is 0 Å². The Kier molecular flexibility index (Phi) is 3.41. The molecular formula is C17H12ClN3S. The Balaban J connectivity index is 1.66. The van der Waals surface area contributed by atoms with Gasteiger partial charge in [0, 0.05) is 10.9 Å². The van der Waals surface area contributed by atoms with E-state index in [0.29, 0.717) is 6.54 Å². The maximum absolute atomic E-state index is 6.24. The molecule has 0 aliphatic heterocycles. The zero-order valence-corrected chi connectivity index (χ0v) is 13.2. The lowest BCUT2D eigenvalue weighted by Crippen LogP contribution is -1.98. The fraction of sp³-hybridized carbons (Fsp3) is 0.0588. The zero-order chi connectivity index (χ0) is 14.9. The molecule has 0 radical (unpaired) electrons. The standard InChI is InChI=1S/C17H12ClN3S/c18-14-6-2-1-5-13(14)17-20-12(10-22-17)9-21-11-19-15-7-3-4-8-16(15)21/h1-8,10-11H,9H2. The van der Waals surface area contributed by atoms with Crippen molar-refractivity contribution in [1.82, 2.24) is 14.5 Å². The molecule has 22 heavy (non-hydrogen) atoms. The number of rotatable bonds is 3. The molecule has 0 saturated carbocycles. The van der Waals surface area contributed by atoms with Crippen LogP contribution >= 0.6 is 22.9 Å². The number of fused-ring (bicyclic) bond motifs is 1. The van der Waals surface area contributed by atoms with Crippen molar-refractivity contribution in [3.8, 4) is 10.6 Å².